The van der Waals surface area contributed by atoms with Gasteiger partial charge in [0.1, 0.15) is 5.03 Å². The summed E-state index contributed by atoms with van der Waals surface area (Å²) in [6.07, 6.45) is 1.87. The van der Waals surface area contributed by atoms with Crippen LogP contribution in [-0.2, 0) is 12.3 Å². The van der Waals surface area contributed by atoms with Crippen LogP contribution in [0.5, 0.6) is 0 Å². The molecule has 0 aliphatic carbocycles. The van der Waals surface area contributed by atoms with Crippen LogP contribution < -0.4 is 5.73 Å². The van der Waals surface area contributed by atoms with Gasteiger partial charge in [0.05, 0.1) is 0 Å². The van der Waals surface area contributed by atoms with E-state index in [4.69, 9.17) is 17.3 Å². The van der Waals surface area contributed by atoms with Crippen molar-refractivity contribution in [3.05, 3.63) is 58.7 Å². The van der Waals surface area contributed by atoms with Gasteiger partial charge in [0.2, 0.25) is 0 Å². The zero-order valence-electron chi connectivity index (χ0n) is 13.7. The number of piperazine rings is 1. The van der Waals surface area contributed by atoms with Crippen LogP contribution in [0.2, 0.25) is 5.02 Å². The Morgan fingerprint density at radius 3 is 2.46 bits per heavy atom. The monoisotopic (exact) mass is 362 g/mol. The lowest BCUT2D eigenvalue weighted by atomic mass is 10.2. The second-order valence-corrected chi connectivity index (χ2v) is 7.30. The van der Waals surface area contributed by atoms with Gasteiger partial charge in [-0.3, -0.25) is 9.80 Å². The molecule has 2 N–H and O–H groups in total. The SMILES string of the molecule is NCN1CCN(Cc2cccnc2SCc2ccccc2Cl)CC1. The molecular formula is C18H23ClN4S. The number of rotatable bonds is 6. The Kier molecular flexibility index (Phi) is 6.51. The Labute approximate surface area is 153 Å². The van der Waals surface area contributed by atoms with E-state index in [0.717, 1.165) is 54.1 Å². The van der Waals surface area contributed by atoms with E-state index in [1.165, 1.54) is 5.56 Å². The smallest absolute Gasteiger partial charge is 0.101 e. The maximum absolute atomic E-state index is 6.26. The third-order valence-electron chi connectivity index (χ3n) is 4.29. The second kappa shape index (κ2) is 8.83. The van der Waals surface area contributed by atoms with Crippen molar-refractivity contribution in [1.29, 1.82) is 0 Å². The number of thioether (sulfide) groups is 1. The first kappa shape index (κ1) is 17.7. The van der Waals surface area contributed by atoms with Crippen LogP contribution in [-0.4, -0.2) is 47.6 Å². The molecule has 0 unspecified atom stereocenters. The predicted molar refractivity (Wildman–Crippen MR) is 101 cm³/mol. The molecule has 1 aliphatic rings. The van der Waals surface area contributed by atoms with Gasteiger partial charge in [-0.25, -0.2) is 4.98 Å². The average molecular weight is 363 g/mol. The summed E-state index contributed by atoms with van der Waals surface area (Å²) in [5.41, 5.74) is 8.15. The molecule has 6 heteroatoms. The average Bonchev–Trinajstić information content (AvgIpc) is 2.63. The van der Waals surface area contributed by atoms with E-state index in [-0.39, 0.29) is 0 Å². The van der Waals surface area contributed by atoms with E-state index in [0.29, 0.717) is 6.67 Å². The van der Waals surface area contributed by atoms with Gasteiger partial charge in [-0.05, 0) is 23.3 Å². The van der Waals surface area contributed by atoms with Crippen molar-refractivity contribution in [1.82, 2.24) is 14.8 Å². The lowest BCUT2D eigenvalue weighted by Crippen LogP contribution is -2.47. The molecule has 1 aliphatic heterocycles. The summed E-state index contributed by atoms with van der Waals surface area (Å²) < 4.78 is 0. The number of halogens is 1. The number of hydrogen-bond donors (Lipinski definition) is 1. The largest absolute Gasteiger partial charge is 0.318 e. The number of pyridine rings is 1. The van der Waals surface area contributed by atoms with Crippen molar-refractivity contribution in [3.63, 3.8) is 0 Å². The van der Waals surface area contributed by atoms with Crippen LogP contribution in [0, 0.1) is 0 Å². The number of hydrogen-bond acceptors (Lipinski definition) is 5. The third-order valence-corrected chi connectivity index (χ3v) is 5.75. The maximum atomic E-state index is 6.26. The molecule has 1 aromatic carbocycles. The Morgan fingerprint density at radius 1 is 1.00 bits per heavy atom. The molecule has 24 heavy (non-hydrogen) atoms. The molecule has 2 aromatic rings. The van der Waals surface area contributed by atoms with E-state index in [1.807, 2.05) is 30.5 Å². The highest BCUT2D eigenvalue weighted by atomic mass is 35.5. The van der Waals surface area contributed by atoms with Gasteiger partial charge < -0.3 is 5.73 Å². The zero-order chi connectivity index (χ0) is 16.8. The fourth-order valence-electron chi connectivity index (χ4n) is 2.81. The molecule has 4 nitrogen and oxygen atoms in total. The van der Waals surface area contributed by atoms with Gasteiger partial charge in [0.25, 0.3) is 0 Å². The van der Waals surface area contributed by atoms with Crippen molar-refractivity contribution in [2.24, 2.45) is 5.73 Å². The molecule has 2 heterocycles. The van der Waals surface area contributed by atoms with Crippen molar-refractivity contribution < 1.29 is 0 Å². The number of nitrogens with zero attached hydrogens (tertiary/aromatic N) is 3. The predicted octanol–water partition coefficient (Wildman–Crippen LogP) is 3.06. The second-order valence-electron chi connectivity index (χ2n) is 5.92. The van der Waals surface area contributed by atoms with Gasteiger partial charge in [0, 0.05) is 56.4 Å². The summed E-state index contributed by atoms with van der Waals surface area (Å²) in [5.74, 6) is 0.838. The number of aromatic nitrogens is 1. The van der Waals surface area contributed by atoms with Crippen molar-refractivity contribution in [2.75, 3.05) is 32.8 Å². The summed E-state index contributed by atoms with van der Waals surface area (Å²) in [6, 6.07) is 12.2. The van der Waals surface area contributed by atoms with Crippen LogP contribution in [0.4, 0.5) is 0 Å². The van der Waals surface area contributed by atoms with Crippen LogP contribution >= 0.6 is 23.4 Å². The molecule has 1 fully saturated rings. The quantitative estimate of drug-likeness (QED) is 0.800. The Bertz CT molecular complexity index is 659. The molecule has 0 saturated carbocycles. The molecule has 0 spiro atoms. The highest BCUT2D eigenvalue weighted by molar-refractivity contribution is 7.98. The topological polar surface area (TPSA) is 45.4 Å². The van der Waals surface area contributed by atoms with Crippen LogP contribution in [0.1, 0.15) is 11.1 Å². The Balaban J connectivity index is 1.62. The molecular weight excluding hydrogens is 340 g/mol. The highest BCUT2D eigenvalue weighted by Crippen LogP contribution is 2.28. The van der Waals surface area contributed by atoms with Crippen LogP contribution in [0.25, 0.3) is 0 Å². The molecule has 0 atom stereocenters. The molecule has 0 amide bonds. The maximum Gasteiger partial charge on any atom is 0.101 e. The van der Waals surface area contributed by atoms with Gasteiger partial charge in [-0.2, -0.15) is 0 Å². The van der Waals surface area contributed by atoms with Gasteiger partial charge >= 0.3 is 0 Å². The Hall–Kier alpha value is -1.11. The number of nitrogens with two attached hydrogens (primary N) is 1. The summed E-state index contributed by atoms with van der Waals surface area (Å²) in [6.45, 7) is 5.79. The fourth-order valence-corrected chi connectivity index (χ4v) is 4.09. The minimum Gasteiger partial charge on any atom is -0.318 e. The summed E-state index contributed by atoms with van der Waals surface area (Å²) >= 11 is 8.01. The molecule has 1 aromatic heterocycles. The first-order valence-electron chi connectivity index (χ1n) is 8.21. The van der Waals surface area contributed by atoms with E-state index < -0.39 is 0 Å². The molecule has 3 rings (SSSR count). The minimum atomic E-state index is 0.652. The normalized spacial score (nSPS) is 16.4. The summed E-state index contributed by atoms with van der Waals surface area (Å²) in [4.78, 5) is 9.34. The van der Waals surface area contributed by atoms with Crippen molar-refractivity contribution in [2.45, 2.75) is 17.3 Å². The molecule has 128 valence electrons. The van der Waals surface area contributed by atoms with Gasteiger partial charge in [-0.1, -0.05) is 35.9 Å². The minimum absolute atomic E-state index is 0.652. The lowest BCUT2D eigenvalue weighted by molar-refractivity contribution is 0.129. The van der Waals surface area contributed by atoms with E-state index in [1.54, 1.807) is 11.8 Å². The zero-order valence-corrected chi connectivity index (χ0v) is 15.3. The van der Waals surface area contributed by atoms with E-state index in [2.05, 4.69) is 26.9 Å². The first-order valence-corrected chi connectivity index (χ1v) is 9.57. The van der Waals surface area contributed by atoms with Crippen molar-refractivity contribution in [3.8, 4) is 0 Å². The molecule has 0 bridgehead atoms. The lowest BCUT2D eigenvalue weighted by Gasteiger charge is -2.34. The third kappa shape index (κ3) is 4.71. The highest BCUT2D eigenvalue weighted by Gasteiger charge is 2.17. The first-order chi connectivity index (χ1) is 11.8. The van der Waals surface area contributed by atoms with Crippen molar-refractivity contribution >= 4 is 23.4 Å². The van der Waals surface area contributed by atoms with Gasteiger partial charge in [0.15, 0.2) is 0 Å². The van der Waals surface area contributed by atoms with Crippen LogP contribution in [0.15, 0.2) is 47.6 Å². The summed E-state index contributed by atoms with van der Waals surface area (Å²) in [7, 11) is 0. The molecule has 1 saturated heterocycles. The van der Waals surface area contributed by atoms with E-state index in [9.17, 15) is 0 Å². The fraction of sp³-hybridized carbons (Fsp3) is 0.389. The number of benzene rings is 1. The molecule has 0 radical (unpaired) electrons. The standard InChI is InChI=1S/C18H23ClN4S/c19-17-6-2-1-4-16(17)13-24-18-15(5-3-7-21-18)12-22-8-10-23(14-20)11-9-22/h1-7H,8-14,20H2. The van der Waals surface area contributed by atoms with Gasteiger partial charge in [-0.15, -0.1) is 11.8 Å². The van der Waals surface area contributed by atoms with Crippen LogP contribution in [0.3, 0.4) is 0 Å². The Morgan fingerprint density at radius 2 is 1.71 bits per heavy atom. The van der Waals surface area contributed by atoms with E-state index >= 15 is 0 Å². The summed E-state index contributed by atoms with van der Waals surface area (Å²) in [5, 5.41) is 1.92.